The van der Waals surface area contributed by atoms with Gasteiger partial charge < -0.3 is 0 Å². The molecule has 1 saturated heterocycles. The molecule has 1 aromatic carbocycles. The molecule has 9 nitrogen and oxygen atoms in total. The number of allylic oxidation sites excluding steroid dienone is 2. The minimum absolute atomic E-state index is 0.0261. The number of hydrogen-bond donors (Lipinski definition) is 0. The van der Waals surface area contributed by atoms with E-state index in [4.69, 9.17) is 0 Å². The maximum atomic E-state index is 13.3. The molecule has 0 saturated carbocycles. The van der Waals surface area contributed by atoms with Crippen molar-refractivity contribution in [3.05, 3.63) is 74.5 Å². The van der Waals surface area contributed by atoms with Crippen molar-refractivity contribution in [1.82, 2.24) is 10.0 Å². The van der Waals surface area contributed by atoms with Gasteiger partial charge in [0, 0.05) is 17.7 Å². The Balaban J connectivity index is 1.68. The average Bonchev–Trinajstić information content (AvgIpc) is 3.40. The Morgan fingerprint density at radius 1 is 1.06 bits per heavy atom. The van der Waals surface area contributed by atoms with Gasteiger partial charge >= 0.3 is 0 Å². The highest BCUT2D eigenvalue weighted by Gasteiger charge is 2.51. The van der Waals surface area contributed by atoms with Crippen LogP contribution in [0.15, 0.2) is 53.9 Å². The number of ketones is 1. The molecule has 0 unspecified atom stereocenters. The summed E-state index contributed by atoms with van der Waals surface area (Å²) in [7, 11) is 0. The highest BCUT2D eigenvalue weighted by Crippen LogP contribution is 2.36. The molecule has 0 radical (unpaired) electrons. The van der Waals surface area contributed by atoms with Gasteiger partial charge in [0.05, 0.1) is 21.6 Å². The minimum atomic E-state index is -0.756. The average molecular weight is 439 g/mol. The van der Waals surface area contributed by atoms with Crippen molar-refractivity contribution in [2.45, 2.75) is 12.8 Å². The Morgan fingerprint density at radius 3 is 2.19 bits per heavy atom. The van der Waals surface area contributed by atoms with Crippen LogP contribution < -0.4 is 0 Å². The maximum absolute atomic E-state index is 13.3. The molecule has 0 bridgehead atoms. The minimum Gasteiger partial charge on any atom is -0.291 e. The number of thiophene rings is 1. The number of benzene rings is 1. The number of hydrogen-bond acceptors (Lipinski definition) is 7. The first-order valence-corrected chi connectivity index (χ1v) is 10.4. The Hall–Kier alpha value is -3.66. The van der Waals surface area contributed by atoms with Gasteiger partial charge in [-0.2, -0.15) is 5.01 Å². The van der Waals surface area contributed by atoms with E-state index in [1.165, 1.54) is 23.5 Å². The van der Waals surface area contributed by atoms with Crippen LogP contribution in [0.25, 0.3) is 0 Å². The predicted molar refractivity (Wildman–Crippen MR) is 110 cm³/mol. The van der Waals surface area contributed by atoms with Crippen molar-refractivity contribution >= 4 is 40.5 Å². The summed E-state index contributed by atoms with van der Waals surface area (Å²) in [4.78, 5) is 62.7. The molecule has 1 aromatic heterocycles. The van der Waals surface area contributed by atoms with Gasteiger partial charge in [0.1, 0.15) is 6.54 Å². The number of amides is 3. The number of rotatable bonds is 6. The SMILES string of the molecule is O=C(CN(C(=O)c1ccc([N+](=O)[O-])cc1)N1C(=O)[C@@H]2CC=CC[C@H]2C1=O)c1cccs1. The lowest BCUT2D eigenvalue weighted by Crippen LogP contribution is -2.52. The molecule has 3 amide bonds. The van der Waals surface area contributed by atoms with E-state index in [0.29, 0.717) is 17.7 Å². The van der Waals surface area contributed by atoms with Crippen LogP contribution in [-0.2, 0) is 9.59 Å². The predicted octanol–water partition coefficient (Wildman–Crippen LogP) is 2.85. The third-order valence-corrected chi connectivity index (χ3v) is 6.29. The molecule has 1 fully saturated rings. The first kappa shape index (κ1) is 20.6. The van der Waals surface area contributed by atoms with Crippen LogP contribution in [0, 0.1) is 22.0 Å². The van der Waals surface area contributed by atoms with Crippen LogP contribution in [-0.4, -0.2) is 45.0 Å². The zero-order valence-corrected chi connectivity index (χ0v) is 17.0. The lowest BCUT2D eigenvalue weighted by Gasteiger charge is -2.29. The molecule has 2 atom stereocenters. The molecule has 2 aromatic rings. The van der Waals surface area contributed by atoms with Crippen molar-refractivity contribution in [2.24, 2.45) is 11.8 Å². The van der Waals surface area contributed by atoms with Crippen molar-refractivity contribution in [3.8, 4) is 0 Å². The summed E-state index contributed by atoms with van der Waals surface area (Å²) in [6, 6.07) is 8.07. The Labute approximate surface area is 180 Å². The van der Waals surface area contributed by atoms with E-state index < -0.39 is 46.8 Å². The number of nitro benzene ring substituents is 1. The number of Topliss-reactive ketones (excluding diaryl/α,β-unsaturated/α-hetero) is 1. The highest BCUT2D eigenvalue weighted by atomic mass is 32.1. The molecule has 2 aliphatic rings. The smallest absolute Gasteiger partial charge is 0.273 e. The second-order valence-electron chi connectivity index (χ2n) is 7.21. The standard InChI is InChI=1S/C21H17N3O6S/c25-17(18-6-3-11-31-18)12-22(19(26)13-7-9-14(10-8-13)24(29)30)23-20(27)15-4-1-2-5-16(15)21(23)28/h1-3,6-11,15-16H,4-5,12H2/t15-,16-/m1/s1. The molecule has 1 aliphatic carbocycles. The van der Waals surface area contributed by atoms with Crippen LogP contribution in [0.4, 0.5) is 5.69 Å². The molecular weight excluding hydrogens is 422 g/mol. The topological polar surface area (TPSA) is 118 Å². The van der Waals surface area contributed by atoms with E-state index in [9.17, 15) is 29.3 Å². The largest absolute Gasteiger partial charge is 0.291 e. The van der Waals surface area contributed by atoms with E-state index in [1.807, 2.05) is 12.2 Å². The number of fused-ring (bicyclic) bond motifs is 1. The van der Waals surface area contributed by atoms with E-state index in [0.717, 1.165) is 22.2 Å². The number of hydrazine groups is 1. The zero-order chi connectivity index (χ0) is 22.1. The molecule has 31 heavy (non-hydrogen) atoms. The van der Waals surface area contributed by atoms with Crippen LogP contribution in [0.2, 0.25) is 0 Å². The van der Waals surface area contributed by atoms with Crippen LogP contribution >= 0.6 is 11.3 Å². The molecule has 158 valence electrons. The summed E-state index contributed by atoms with van der Waals surface area (Å²) >= 11 is 1.19. The third-order valence-electron chi connectivity index (χ3n) is 5.37. The second-order valence-corrected chi connectivity index (χ2v) is 8.16. The normalized spacial score (nSPS) is 19.9. The maximum Gasteiger partial charge on any atom is 0.273 e. The molecule has 2 heterocycles. The lowest BCUT2D eigenvalue weighted by molar-refractivity contribution is -0.384. The van der Waals surface area contributed by atoms with Gasteiger partial charge in [-0.25, -0.2) is 5.01 Å². The van der Waals surface area contributed by atoms with Gasteiger partial charge in [0.15, 0.2) is 5.78 Å². The second kappa shape index (κ2) is 8.23. The van der Waals surface area contributed by atoms with Gasteiger partial charge in [0.25, 0.3) is 23.4 Å². The Kier molecular flexibility index (Phi) is 5.47. The number of carbonyl (C=O) groups excluding carboxylic acids is 4. The number of non-ortho nitro benzene ring substituents is 1. The van der Waals surface area contributed by atoms with Gasteiger partial charge in [-0.1, -0.05) is 18.2 Å². The third kappa shape index (κ3) is 3.77. The number of imide groups is 1. The zero-order valence-electron chi connectivity index (χ0n) is 16.2. The van der Waals surface area contributed by atoms with Gasteiger partial charge in [-0.05, 0) is 36.4 Å². The Morgan fingerprint density at radius 2 is 1.68 bits per heavy atom. The quantitative estimate of drug-likeness (QED) is 0.225. The fourth-order valence-electron chi connectivity index (χ4n) is 3.78. The Bertz CT molecular complexity index is 1070. The van der Waals surface area contributed by atoms with Gasteiger partial charge in [-0.3, -0.25) is 29.3 Å². The van der Waals surface area contributed by atoms with E-state index in [1.54, 1.807) is 17.5 Å². The fraction of sp³-hybridized carbons (Fsp3) is 0.238. The summed E-state index contributed by atoms with van der Waals surface area (Å²) in [5.74, 6) is -3.35. The monoisotopic (exact) mass is 439 g/mol. The van der Waals surface area contributed by atoms with Gasteiger partial charge in [0.2, 0.25) is 0 Å². The lowest BCUT2D eigenvalue weighted by atomic mass is 9.85. The molecule has 0 N–H and O–H groups in total. The molecule has 4 rings (SSSR count). The summed E-state index contributed by atoms with van der Waals surface area (Å²) in [6.45, 7) is -0.499. The van der Waals surface area contributed by atoms with Crippen molar-refractivity contribution < 1.29 is 24.1 Å². The molecule has 1 aliphatic heterocycles. The summed E-state index contributed by atoms with van der Waals surface area (Å²) in [5.41, 5.74) is -0.179. The van der Waals surface area contributed by atoms with E-state index in [2.05, 4.69) is 0 Å². The summed E-state index contributed by atoms with van der Waals surface area (Å²) in [5, 5.41) is 14.3. The molecular formula is C21H17N3O6S. The van der Waals surface area contributed by atoms with Crippen molar-refractivity contribution in [2.75, 3.05) is 6.54 Å². The van der Waals surface area contributed by atoms with Crippen LogP contribution in [0.5, 0.6) is 0 Å². The number of nitro groups is 1. The fourth-order valence-corrected chi connectivity index (χ4v) is 4.44. The molecule has 10 heteroatoms. The summed E-state index contributed by atoms with van der Waals surface area (Å²) < 4.78 is 0. The van der Waals surface area contributed by atoms with Crippen molar-refractivity contribution in [1.29, 1.82) is 0 Å². The summed E-state index contributed by atoms with van der Waals surface area (Å²) in [6.07, 6.45) is 4.44. The number of nitrogens with zero attached hydrogens (tertiary/aromatic N) is 3. The van der Waals surface area contributed by atoms with Gasteiger partial charge in [-0.15, -0.1) is 11.3 Å². The van der Waals surface area contributed by atoms with Crippen LogP contribution in [0.3, 0.4) is 0 Å². The highest BCUT2D eigenvalue weighted by molar-refractivity contribution is 7.12. The first-order valence-electron chi connectivity index (χ1n) is 9.54. The number of carbonyl (C=O) groups is 4. The van der Waals surface area contributed by atoms with E-state index in [-0.39, 0.29) is 11.3 Å². The van der Waals surface area contributed by atoms with Crippen molar-refractivity contribution in [3.63, 3.8) is 0 Å². The molecule has 0 spiro atoms. The van der Waals surface area contributed by atoms with E-state index >= 15 is 0 Å². The first-order chi connectivity index (χ1) is 14.9. The van der Waals surface area contributed by atoms with Crippen LogP contribution in [0.1, 0.15) is 32.9 Å².